The van der Waals surface area contributed by atoms with Crippen molar-refractivity contribution in [2.24, 2.45) is 0 Å². The topological polar surface area (TPSA) is 46.9 Å². The van der Waals surface area contributed by atoms with Crippen LogP contribution in [0.1, 0.15) is 10.4 Å². The molecule has 110 valence electrons. The fourth-order valence-electron chi connectivity index (χ4n) is 2.04. The molecule has 0 aliphatic heterocycles. The van der Waals surface area contributed by atoms with Crippen molar-refractivity contribution >= 4 is 27.5 Å². The quantitative estimate of drug-likeness (QED) is 0.767. The lowest BCUT2D eigenvalue weighted by molar-refractivity contribution is 0.102. The highest BCUT2D eigenvalue weighted by Crippen LogP contribution is 2.21. The van der Waals surface area contributed by atoms with E-state index in [4.69, 9.17) is 0 Å². The van der Waals surface area contributed by atoms with Gasteiger partial charge in [0.2, 0.25) is 0 Å². The van der Waals surface area contributed by atoms with Crippen LogP contribution in [0.3, 0.4) is 0 Å². The number of rotatable bonds is 3. The zero-order valence-corrected chi connectivity index (χ0v) is 12.9. The van der Waals surface area contributed by atoms with Crippen LogP contribution in [0, 0.1) is 5.82 Å². The number of hydrogen-bond acceptors (Lipinski definition) is 2. The molecule has 1 heterocycles. The van der Waals surface area contributed by atoms with E-state index in [0.717, 1.165) is 10.2 Å². The molecule has 1 aromatic heterocycles. The zero-order chi connectivity index (χ0) is 15.5. The van der Waals surface area contributed by atoms with Gasteiger partial charge in [-0.3, -0.25) is 4.79 Å². The Kier molecular flexibility index (Phi) is 4.02. The molecule has 0 aliphatic carbocycles. The molecule has 22 heavy (non-hydrogen) atoms. The van der Waals surface area contributed by atoms with Crippen molar-refractivity contribution in [3.8, 4) is 5.69 Å². The zero-order valence-electron chi connectivity index (χ0n) is 11.3. The van der Waals surface area contributed by atoms with E-state index in [1.54, 1.807) is 29.2 Å². The fourth-order valence-corrected chi connectivity index (χ4v) is 2.32. The summed E-state index contributed by atoms with van der Waals surface area (Å²) in [6.45, 7) is 0. The minimum Gasteiger partial charge on any atom is -0.320 e. The lowest BCUT2D eigenvalue weighted by Crippen LogP contribution is -2.14. The van der Waals surface area contributed by atoms with Gasteiger partial charge in [-0.2, -0.15) is 5.10 Å². The van der Waals surface area contributed by atoms with Gasteiger partial charge in [-0.25, -0.2) is 9.07 Å². The van der Waals surface area contributed by atoms with Crippen molar-refractivity contribution in [1.82, 2.24) is 9.78 Å². The molecule has 1 N–H and O–H groups in total. The van der Waals surface area contributed by atoms with Gasteiger partial charge in [-0.05, 0) is 46.3 Å². The van der Waals surface area contributed by atoms with E-state index in [1.165, 1.54) is 18.2 Å². The van der Waals surface area contributed by atoms with E-state index >= 15 is 0 Å². The van der Waals surface area contributed by atoms with Crippen molar-refractivity contribution in [2.45, 2.75) is 0 Å². The highest BCUT2D eigenvalue weighted by Gasteiger charge is 2.11. The van der Waals surface area contributed by atoms with Gasteiger partial charge < -0.3 is 5.32 Å². The summed E-state index contributed by atoms with van der Waals surface area (Å²) in [5.74, 6) is -0.824. The lowest BCUT2D eigenvalue weighted by Gasteiger charge is -2.11. The molecule has 6 heteroatoms. The lowest BCUT2D eigenvalue weighted by atomic mass is 10.2. The normalized spacial score (nSPS) is 10.5. The molecule has 0 aliphatic rings. The molecule has 0 bridgehead atoms. The van der Waals surface area contributed by atoms with Crippen molar-refractivity contribution in [1.29, 1.82) is 0 Å². The number of aromatic nitrogens is 2. The average molecular weight is 360 g/mol. The molecule has 2 aromatic carbocycles. The van der Waals surface area contributed by atoms with Crippen molar-refractivity contribution in [3.63, 3.8) is 0 Å². The molecular formula is C16H11BrFN3O. The Morgan fingerprint density at radius 2 is 2.00 bits per heavy atom. The minimum absolute atomic E-state index is 0.261. The Bertz CT molecular complexity index is 832. The van der Waals surface area contributed by atoms with Gasteiger partial charge in [0.15, 0.2) is 0 Å². The van der Waals surface area contributed by atoms with Gasteiger partial charge in [0.25, 0.3) is 5.91 Å². The Hall–Kier alpha value is -2.47. The standard InChI is InChI=1S/C16H11BrFN3O/c17-12-9-19-21(10-12)15-7-2-1-6-14(15)20-16(22)11-4-3-5-13(18)8-11/h1-10H,(H,20,22). The largest absolute Gasteiger partial charge is 0.320 e. The van der Waals surface area contributed by atoms with Crippen molar-refractivity contribution in [3.05, 3.63) is 76.8 Å². The van der Waals surface area contributed by atoms with E-state index < -0.39 is 5.82 Å². The first kappa shape index (κ1) is 14.5. The molecule has 0 saturated carbocycles. The number of hydrogen-bond donors (Lipinski definition) is 1. The number of para-hydroxylation sites is 2. The molecule has 0 atom stereocenters. The highest BCUT2D eigenvalue weighted by molar-refractivity contribution is 9.10. The molecule has 3 aromatic rings. The van der Waals surface area contributed by atoms with E-state index in [0.29, 0.717) is 5.69 Å². The molecule has 0 unspecified atom stereocenters. The van der Waals surface area contributed by atoms with Crippen LogP contribution in [0.15, 0.2) is 65.4 Å². The first-order chi connectivity index (χ1) is 10.6. The summed E-state index contributed by atoms with van der Waals surface area (Å²) in [6.07, 6.45) is 3.44. The number of benzene rings is 2. The monoisotopic (exact) mass is 359 g/mol. The third kappa shape index (κ3) is 3.07. The van der Waals surface area contributed by atoms with Crippen LogP contribution in [0.5, 0.6) is 0 Å². The molecule has 1 amide bonds. The number of nitrogens with one attached hydrogen (secondary N) is 1. The van der Waals surface area contributed by atoms with Gasteiger partial charge in [0, 0.05) is 11.8 Å². The van der Waals surface area contributed by atoms with E-state index in [2.05, 4.69) is 26.3 Å². The van der Waals surface area contributed by atoms with Gasteiger partial charge >= 0.3 is 0 Å². The molecule has 0 spiro atoms. The number of carbonyl (C=O) groups is 1. The Morgan fingerprint density at radius 3 is 2.73 bits per heavy atom. The van der Waals surface area contributed by atoms with Crippen molar-refractivity contribution in [2.75, 3.05) is 5.32 Å². The van der Waals surface area contributed by atoms with Crippen LogP contribution in [0.4, 0.5) is 10.1 Å². The summed E-state index contributed by atoms with van der Waals surface area (Å²) < 4.78 is 15.7. The first-order valence-electron chi connectivity index (χ1n) is 6.50. The second-order valence-electron chi connectivity index (χ2n) is 4.58. The Morgan fingerprint density at radius 1 is 1.18 bits per heavy atom. The maximum Gasteiger partial charge on any atom is 0.255 e. The minimum atomic E-state index is -0.447. The van der Waals surface area contributed by atoms with Crippen LogP contribution in [0.25, 0.3) is 5.69 Å². The maximum atomic E-state index is 13.2. The molecule has 0 fully saturated rings. The van der Waals surface area contributed by atoms with E-state index in [-0.39, 0.29) is 11.5 Å². The van der Waals surface area contributed by atoms with Gasteiger partial charge in [0.1, 0.15) is 5.82 Å². The Labute approximate surface area is 134 Å². The van der Waals surface area contributed by atoms with Gasteiger partial charge in [0.05, 0.1) is 22.0 Å². The third-order valence-electron chi connectivity index (χ3n) is 3.04. The van der Waals surface area contributed by atoms with Crippen molar-refractivity contribution < 1.29 is 9.18 Å². The Balaban J connectivity index is 1.91. The van der Waals surface area contributed by atoms with Crippen LogP contribution in [0.2, 0.25) is 0 Å². The summed E-state index contributed by atoms with van der Waals surface area (Å²) >= 11 is 3.34. The van der Waals surface area contributed by atoms with Gasteiger partial charge in [-0.1, -0.05) is 18.2 Å². The third-order valence-corrected chi connectivity index (χ3v) is 3.45. The number of nitrogens with zero attached hydrogens (tertiary/aromatic N) is 2. The fraction of sp³-hybridized carbons (Fsp3) is 0. The summed E-state index contributed by atoms with van der Waals surface area (Å²) in [5.41, 5.74) is 1.57. The number of anilines is 1. The summed E-state index contributed by atoms with van der Waals surface area (Å²) in [6, 6.07) is 12.8. The maximum absolute atomic E-state index is 13.2. The van der Waals surface area contributed by atoms with E-state index in [1.807, 2.05) is 18.2 Å². The average Bonchev–Trinajstić information content (AvgIpc) is 2.94. The first-order valence-corrected chi connectivity index (χ1v) is 7.29. The second kappa shape index (κ2) is 6.11. The predicted molar refractivity (Wildman–Crippen MR) is 85.6 cm³/mol. The number of carbonyl (C=O) groups excluding carboxylic acids is 1. The number of amides is 1. The smallest absolute Gasteiger partial charge is 0.255 e. The SMILES string of the molecule is O=C(Nc1ccccc1-n1cc(Br)cn1)c1cccc(F)c1. The van der Waals surface area contributed by atoms with E-state index in [9.17, 15) is 9.18 Å². The molecule has 0 saturated heterocycles. The molecule has 4 nitrogen and oxygen atoms in total. The summed E-state index contributed by atoms with van der Waals surface area (Å²) in [5, 5.41) is 6.98. The number of halogens is 2. The van der Waals surface area contributed by atoms with Crippen LogP contribution in [-0.4, -0.2) is 15.7 Å². The molecule has 3 rings (SSSR count). The van der Waals surface area contributed by atoms with Crippen LogP contribution >= 0.6 is 15.9 Å². The molecule has 0 radical (unpaired) electrons. The summed E-state index contributed by atoms with van der Waals surface area (Å²) in [7, 11) is 0. The summed E-state index contributed by atoms with van der Waals surface area (Å²) in [4.78, 5) is 12.2. The van der Waals surface area contributed by atoms with Gasteiger partial charge in [-0.15, -0.1) is 0 Å². The predicted octanol–water partition coefficient (Wildman–Crippen LogP) is 4.03. The molecular weight excluding hydrogens is 349 g/mol. The van der Waals surface area contributed by atoms with Crippen LogP contribution in [-0.2, 0) is 0 Å². The van der Waals surface area contributed by atoms with Crippen LogP contribution < -0.4 is 5.32 Å². The highest BCUT2D eigenvalue weighted by atomic mass is 79.9. The second-order valence-corrected chi connectivity index (χ2v) is 5.50.